The molecule has 0 spiro atoms. The molecular formula is C18H15Cl2N7O. The first-order chi connectivity index (χ1) is 13.4. The van der Waals surface area contributed by atoms with Gasteiger partial charge >= 0.3 is 0 Å². The summed E-state index contributed by atoms with van der Waals surface area (Å²) in [5.41, 5.74) is 2.13. The predicted octanol–water partition coefficient (Wildman–Crippen LogP) is 3.53. The van der Waals surface area contributed by atoms with E-state index in [1.165, 1.54) is 6.33 Å². The van der Waals surface area contributed by atoms with Gasteiger partial charge in [0.1, 0.15) is 17.5 Å². The molecule has 0 saturated heterocycles. The number of aromatic nitrogens is 6. The largest absolute Gasteiger partial charge is 0.309 e. The number of nitrogens with one attached hydrogen (secondary N) is 1. The molecular weight excluding hydrogens is 401 g/mol. The van der Waals surface area contributed by atoms with Gasteiger partial charge in [-0.25, -0.2) is 14.6 Å². The van der Waals surface area contributed by atoms with E-state index in [0.29, 0.717) is 27.7 Å². The fourth-order valence-corrected chi connectivity index (χ4v) is 2.93. The van der Waals surface area contributed by atoms with Crippen LogP contribution in [0.2, 0.25) is 5.02 Å². The minimum atomic E-state index is -0.679. The first-order valence-electron chi connectivity index (χ1n) is 8.40. The van der Waals surface area contributed by atoms with Gasteiger partial charge in [-0.3, -0.25) is 4.79 Å². The minimum absolute atomic E-state index is 0.329. The second-order valence-corrected chi connectivity index (χ2v) is 7.25. The molecule has 8 nitrogen and oxygen atoms in total. The summed E-state index contributed by atoms with van der Waals surface area (Å²) in [5, 5.41) is 12.3. The van der Waals surface area contributed by atoms with Crippen LogP contribution < -0.4 is 5.32 Å². The van der Waals surface area contributed by atoms with Crippen LogP contribution in [-0.4, -0.2) is 40.8 Å². The number of hydrogen-bond acceptors (Lipinski definition) is 5. The van der Waals surface area contributed by atoms with Crippen LogP contribution >= 0.6 is 23.2 Å². The fraction of sp³-hybridized carbons (Fsp3) is 0.167. The van der Waals surface area contributed by atoms with Gasteiger partial charge in [0.25, 0.3) is 0 Å². The SMILES string of the molecule is Cc1cc(NC(=O)C(C)Cl)n(-c2ncnc3c2cnn3-c2ccc(Cl)cc2)n1. The van der Waals surface area contributed by atoms with Gasteiger partial charge in [0.05, 0.1) is 23.0 Å². The second-order valence-electron chi connectivity index (χ2n) is 6.16. The summed E-state index contributed by atoms with van der Waals surface area (Å²) >= 11 is 11.8. The zero-order valence-electron chi connectivity index (χ0n) is 15.0. The summed E-state index contributed by atoms with van der Waals surface area (Å²) in [6, 6.07) is 9.01. The number of carbonyl (C=O) groups excluding carboxylic acids is 1. The molecule has 0 bridgehead atoms. The predicted molar refractivity (Wildman–Crippen MR) is 107 cm³/mol. The van der Waals surface area contributed by atoms with Crippen LogP contribution in [0.4, 0.5) is 5.82 Å². The highest BCUT2D eigenvalue weighted by Crippen LogP contribution is 2.24. The molecule has 0 radical (unpaired) electrons. The molecule has 4 rings (SSSR count). The third kappa shape index (κ3) is 3.32. The normalized spacial score (nSPS) is 12.3. The molecule has 3 heterocycles. The molecule has 1 unspecified atom stereocenters. The summed E-state index contributed by atoms with van der Waals surface area (Å²) in [7, 11) is 0. The van der Waals surface area contributed by atoms with Crippen molar-refractivity contribution in [1.29, 1.82) is 0 Å². The molecule has 1 atom stereocenters. The maximum absolute atomic E-state index is 12.0. The molecule has 0 aliphatic rings. The van der Waals surface area contributed by atoms with E-state index in [2.05, 4.69) is 25.5 Å². The van der Waals surface area contributed by atoms with Crippen molar-refractivity contribution in [2.75, 3.05) is 5.32 Å². The van der Waals surface area contributed by atoms with E-state index in [-0.39, 0.29) is 5.91 Å². The molecule has 1 aromatic carbocycles. The van der Waals surface area contributed by atoms with E-state index in [9.17, 15) is 4.79 Å². The van der Waals surface area contributed by atoms with Gasteiger partial charge in [-0.15, -0.1) is 11.6 Å². The first kappa shape index (κ1) is 18.4. The highest BCUT2D eigenvalue weighted by molar-refractivity contribution is 6.32. The van der Waals surface area contributed by atoms with Gasteiger partial charge in [0.2, 0.25) is 5.91 Å². The Labute approximate surface area is 170 Å². The Morgan fingerprint density at radius 1 is 1.18 bits per heavy atom. The molecule has 0 saturated carbocycles. The van der Waals surface area contributed by atoms with E-state index < -0.39 is 5.38 Å². The smallest absolute Gasteiger partial charge is 0.243 e. The Morgan fingerprint density at radius 3 is 2.64 bits per heavy atom. The van der Waals surface area contributed by atoms with E-state index >= 15 is 0 Å². The van der Waals surface area contributed by atoms with E-state index in [4.69, 9.17) is 23.2 Å². The Balaban J connectivity index is 1.83. The van der Waals surface area contributed by atoms with Crippen molar-refractivity contribution >= 4 is 46.0 Å². The van der Waals surface area contributed by atoms with Crippen molar-refractivity contribution in [2.24, 2.45) is 0 Å². The number of alkyl halides is 1. The topological polar surface area (TPSA) is 90.5 Å². The monoisotopic (exact) mass is 415 g/mol. The number of rotatable bonds is 4. The van der Waals surface area contributed by atoms with Gasteiger partial charge < -0.3 is 5.32 Å². The number of aryl methyl sites for hydroxylation is 1. The molecule has 28 heavy (non-hydrogen) atoms. The number of carbonyl (C=O) groups is 1. The highest BCUT2D eigenvalue weighted by atomic mass is 35.5. The van der Waals surface area contributed by atoms with E-state index in [0.717, 1.165) is 11.4 Å². The standard InChI is InChI=1S/C18H15Cl2N7O/c1-10-7-15(24-18(28)11(2)19)27(25-10)17-14-8-23-26(16(14)21-9-22-17)13-5-3-12(20)4-6-13/h3-9,11H,1-2H3,(H,24,28). The first-order valence-corrected chi connectivity index (χ1v) is 9.22. The van der Waals surface area contributed by atoms with E-state index in [1.54, 1.807) is 40.7 Å². The van der Waals surface area contributed by atoms with Gasteiger partial charge in [0.15, 0.2) is 11.5 Å². The Kier molecular flexibility index (Phi) is 4.74. The average Bonchev–Trinajstić information content (AvgIpc) is 3.25. The number of hydrogen-bond donors (Lipinski definition) is 1. The van der Waals surface area contributed by atoms with Crippen molar-refractivity contribution in [2.45, 2.75) is 19.2 Å². The zero-order valence-corrected chi connectivity index (χ0v) is 16.5. The summed E-state index contributed by atoms with van der Waals surface area (Å²) in [4.78, 5) is 20.8. The van der Waals surface area contributed by atoms with Gasteiger partial charge in [-0.1, -0.05) is 11.6 Å². The average molecular weight is 416 g/mol. The molecule has 10 heteroatoms. The summed E-state index contributed by atoms with van der Waals surface area (Å²) < 4.78 is 3.23. The second kappa shape index (κ2) is 7.21. The Hall–Kier alpha value is -2.97. The van der Waals surface area contributed by atoms with Crippen molar-refractivity contribution < 1.29 is 4.79 Å². The van der Waals surface area contributed by atoms with Gasteiger partial charge in [-0.2, -0.15) is 14.9 Å². The van der Waals surface area contributed by atoms with Crippen LogP contribution in [0.1, 0.15) is 12.6 Å². The Morgan fingerprint density at radius 2 is 1.93 bits per heavy atom. The fourth-order valence-electron chi connectivity index (χ4n) is 2.75. The van der Waals surface area contributed by atoms with Gasteiger partial charge in [-0.05, 0) is 38.1 Å². The third-order valence-corrected chi connectivity index (χ3v) is 4.51. The number of halogens is 2. The van der Waals surface area contributed by atoms with Crippen molar-refractivity contribution in [3.05, 3.63) is 53.6 Å². The molecule has 0 aliphatic heterocycles. The van der Waals surface area contributed by atoms with Crippen molar-refractivity contribution in [3.8, 4) is 11.5 Å². The zero-order chi connectivity index (χ0) is 19.8. The number of benzene rings is 1. The lowest BCUT2D eigenvalue weighted by Crippen LogP contribution is -2.22. The number of fused-ring (bicyclic) bond motifs is 1. The maximum atomic E-state index is 12.0. The molecule has 3 aromatic heterocycles. The summed E-state index contributed by atoms with van der Waals surface area (Å²) in [6.45, 7) is 3.43. The number of amides is 1. The van der Waals surface area contributed by atoms with Crippen LogP contribution in [0.3, 0.4) is 0 Å². The van der Waals surface area contributed by atoms with Crippen molar-refractivity contribution in [3.63, 3.8) is 0 Å². The van der Waals surface area contributed by atoms with E-state index in [1.807, 2.05) is 19.1 Å². The third-order valence-electron chi connectivity index (χ3n) is 4.06. The molecule has 0 aliphatic carbocycles. The highest BCUT2D eigenvalue weighted by Gasteiger charge is 2.18. The van der Waals surface area contributed by atoms with Gasteiger partial charge in [0, 0.05) is 11.1 Å². The van der Waals surface area contributed by atoms with Crippen LogP contribution in [-0.2, 0) is 4.79 Å². The molecule has 4 aromatic rings. The quantitative estimate of drug-likeness (QED) is 0.514. The maximum Gasteiger partial charge on any atom is 0.243 e. The van der Waals surface area contributed by atoms with Crippen LogP contribution in [0.25, 0.3) is 22.5 Å². The molecule has 142 valence electrons. The lowest BCUT2D eigenvalue weighted by atomic mass is 10.3. The van der Waals surface area contributed by atoms with Crippen LogP contribution in [0.5, 0.6) is 0 Å². The Bertz CT molecular complexity index is 1160. The van der Waals surface area contributed by atoms with Crippen molar-refractivity contribution in [1.82, 2.24) is 29.5 Å². The lowest BCUT2D eigenvalue weighted by molar-refractivity contribution is -0.115. The molecule has 1 amide bonds. The number of nitrogens with zero attached hydrogens (tertiary/aromatic N) is 6. The summed E-state index contributed by atoms with van der Waals surface area (Å²) in [6.07, 6.45) is 3.09. The molecule has 0 fully saturated rings. The number of anilines is 1. The lowest BCUT2D eigenvalue weighted by Gasteiger charge is -2.10. The van der Waals surface area contributed by atoms with Crippen LogP contribution in [0.15, 0.2) is 42.9 Å². The minimum Gasteiger partial charge on any atom is -0.309 e. The molecule has 1 N–H and O–H groups in total. The summed E-state index contributed by atoms with van der Waals surface area (Å²) in [5.74, 6) is 0.634. The van der Waals surface area contributed by atoms with Crippen LogP contribution in [0, 0.1) is 6.92 Å².